The molecule has 0 aliphatic heterocycles. The summed E-state index contributed by atoms with van der Waals surface area (Å²) < 4.78 is 28.4. The SMILES string of the molecule is CN(CC(=O)NC(C=O)CCCC[NH+]=C(N)N)C(=O)C(CCc1nn[nH]n1)NS(=O)(=O)Cc1cccc(C(=N)N)c1. The number of amidine groups is 1. The molecule has 11 N–H and O–H groups in total. The Morgan fingerprint density at radius 1 is 1.22 bits per heavy atom. The normalized spacial score (nSPS) is 12.6. The van der Waals surface area contributed by atoms with Crippen LogP contribution < -0.4 is 32.2 Å². The topological polar surface area (TPSA) is 283 Å². The van der Waals surface area contributed by atoms with Crippen molar-refractivity contribution in [3.8, 4) is 0 Å². The predicted octanol–water partition coefficient (Wildman–Crippen LogP) is -4.43. The number of sulfonamides is 1. The summed E-state index contributed by atoms with van der Waals surface area (Å²) in [7, 11) is -2.71. The molecule has 0 aliphatic carbocycles. The second-order valence-electron chi connectivity index (χ2n) is 9.29. The van der Waals surface area contributed by atoms with Gasteiger partial charge < -0.3 is 20.7 Å². The van der Waals surface area contributed by atoms with Crippen LogP contribution >= 0.6 is 0 Å². The van der Waals surface area contributed by atoms with Crippen molar-refractivity contribution >= 4 is 39.9 Å². The molecular weight excluding hydrogens is 556 g/mol. The van der Waals surface area contributed by atoms with Gasteiger partial charge in [0.1, 0.15) is 18.2 Å². The van der Waals surface area contributed by atoms with Gasteiger partial charge in [-0.15, -0.1) is 10.2 Å². The number of hydrogen-bond donors (Lipinski definition) is 8. The number of aryl methyl sites for hydroxylation is 1. The smallest absolute Gasteiger partial charge is 0.338 e. The molecule has 2 rings (SSSR count). The fraction of sp³-hybridized carbons (Fsp3) is 0.478. The van der Waals surface area contributed by atoms with Crippen LogP contribution in [0.1, 0.15) is 42.6 Å². The van der Waals surface area contributed by atoms with Crippen LogP contribution in [0.4, 0.5) is 0 Å². The van der Waals surface area contributed by atoms with Crippen molar-refractivity contribution in [2.45, 2.75) is 49.9 Å². The van der Waals surface area contributed by atoms with Crippen molar-refractivity contribution in [1.82, 2.24) is 35.6 Å². The largest absolute Gasteiger partial charge is 0.384 e. The fourth-order valence-corrected chi connectivity index (χ4v) is 5.16. The Labute approximate surface area is 237 Å². The average molecular weight is 594 g/mol. The highest BCUT2D eigenvalue weighted by atomic mass is 32.2. The Morgan fingerprint density at radius 2 is 1.98 bits per heavy atom. The molecule has 224 valence electrons. The lowest BCUT2D eigenvalue weighted by Crippen LogP contribution is -2.78. The molecule has 1 aromatic carbocycles. The standard InChI is InChI=1S/C23H36N12O5S/c1-35(12-20(37)29-17(13-36)7-2-3-10-28-23(26)27)22(38)18(8-9-19-30-33-34-31-19)32-41(39,40)14-15-5-4-6-16(11-15)21(24)25/h4-6,11,13,17-18,32H,2-3,7-10,12,14H2,1H3,(H3,24,25)(H,29,37)(H4,26,27,28)(H,30,31,33,34)/p+1. The Kier molecular flexibility index (Phi) is 12.8. The van der Waals surface area contributed by atoms with Crippen LogP contribution in [0.5, 0.6) is 0 Å². The molecule has 0 radical (unpaired) electrons. The molecule has 41 heavy (non-hydrogen) atoms. The minimum atomic E-state index is -4.06. The van der Waals surface area contributed by atoms with Gasteiger partial charge >= 0.3 is 5.96 Å². The monoisotopic (exact) mass is 593 g/mol. The number of guanidine groups is 1. The van der Waals surface area contributed by atoms with Crippen molar-refractivity contribution in [3.05, 3.63) is 41.2 Å². The number of hydrogen-bond acceptors (Lipinski definition) is 9. The van der Waals surface area contributed by atoms with Crippen molar-refractivity contribution in [1.29, 1.82) is 5.41 Å². The summed E-state index contributed by atoms with van der Waals surface area (Å²) >= 11 is 0. The van der Waals surface area contributed by atoms with Gasteiger partial charge in [0.05, 0.1) is 24.9 Å². The van der Waals surface area contributed by atoms with Gasteiger partial charge in [-0.25, -0.2) is 13.1 Å². The minimum absolute atomic E-state index is 0.0210. The molecule has 0 aliphatic rings. The zero-order valence-electron chi connectivity index (χ0n) is 22.7. The van der Waals surface area contributed by atoms with E-state index < -0.39 is 46.2 Å². The molecule has 17 nitrogen and oxygen atoms in total. The number of aromatic nitrogens is 4. The van der Waals surface area contributed by atoms with Crippen LogP contribution in [0.3, 0.4) is 0 Å². The van der Waals surface area contributed by atoms with Crippen molar-refractivity contribution in [3.63, 3.8) is 0 Å². The van der Waals surface area contributed by atoms with E-state index in [4.69, 9.17) is 22.6 Å². The first-order valence-electron chi connectivity index (χ1n) is 12.7. The molecule has 0 spiro atoms. The summed E-state index contributed by atoms with van der Waals surface area (Å²) in [4.78, 5) is 41.1. The molecule has 1 heterocycles. The van der Waals surface area contributed by atoms with E-state index in [2.05, 4.69) is 35.7 Å². The van der Waals surface area contributed by atoms with Crippen LogP contribution in [0.15, 0.2) is 24.3 Å². The van der Waals surface area contributed by atoms with E-state index >= 15 is 0 Å². The van der Waals surface area contributed by atoms with Crippen molar-refractivity contribution < 1.29 is 27.8 Å². The molecular formula is C23H37N12O5S+. The third-order valence-corrected chi connectivity index (χ3v) is 7.16. The van der Waals surface area contributed by atoms with E-state index in [9.17, 15) is 22.8 Å². The van der Waals surface area contributed by atoms with Gasteiger partial charge in [0.15, 0.2) is 5.82 Å². The number of benzene rings is 1. The number of likely N-dealkylation sites (N-methyl/N-ethyl adjacent to an activating group) is 1. The maximum absolute atomic E-state index is 13.3. The molecule has 0 saturated carbocycles. The van der Waals surface area contributed by atoms with Gasteiger partial charge in [-0.3, -0.25) is 31.5 Å². The van der Waals surface area contributed by atoms with Gasteiger partial charge in [-0.05, 0) is 37.3 Å². The first-order chi connectivity index (χ1) is 19.4. The number of rotatable bonds is 18. The second kappa shape index (κ2) is 16.0. The second-order valence-corrected chi connectivity index (χ2v) is 11.0. The number of nitrogens with zero attached hydrogens (tertiary/aromatic N) is 4. The number of amides is 2. The number of unbranched alkanes of at least 4 members (excludes halogenated alkanes) is 1. The first kappa shape index (κ1) is 32.8. The lowest BCUT2D eigenvalue weighted by molar-refractivity contribution is -0.459. The Morgan fingerprint density at radius 3 is 2.61 bits per heavy atom. The molecule has 0 saturated heterocycles. The van der Waals surface area contributed by atoms with Crippen LogP contribution in [0, 0.1) is 5.41 Å². The van der Waals surface area contributed by atoms with Gasteiger partial charge in [-0.2, -0.15) is 5.21 Å². The zero-order chi connectivity index (χ0) is 30.4. The molecule has 0 fully saturated rings. The van der Waals surface area contributed by atoms with E-state index in [-0.39, 0.29) is 30.5 Å². The lowest BCUT2D eigenvalue weighted by Gasteiger charge is -2.24. The van der Waals surface area contributed by atoms with Crippen LogP contribution in [-0.2, 0) is 36.6 Å². The number of aromatic amines is 1. The van der Waals surface area contributed by atoms with Crippen molar-refractivity contribution in [2.24, 2.45) is 17.2 Å². The summed E-state index contributed by atoms with van der Waals surface area (Å²) in [6, 6.07) is 4.17. The third kappa shape index (κ3) is 12.1. The molecule has 18 heteroatoms. The highest BCUT2D eigenvalue weighted by molar-refractivity contribution is 7.88. The van der Waals surface area contributed by atoms with Crippen LogP contribution in [-0.4, -0.2) is 96.1 Å². The summed E-state index contributed by atoms with van der Waals surface area (Å²) in [6.45, 7) is 0.104. The molecule has 2 atom stereocenters. The number of H-pyrrole nitrogens is 1. The molecule has 2 amide bonds. The van der Waals surface area contributed by atoms with E-state index in [1.165, 1.54) is 13.1 Å². The Bertz CT molecular complexity index is 1310. The summed E-state index contributed by atoms with van der Waals surface area (Å²) in [5.41, 5.74) is 16.9. The Hall–Kier alpha value is -4.45. The predicted molar refractivity (Wildman–Crippen MR) is 148 cm³/mol. The molecule has 2 aromatic rings. The molecule has 0 bridgehead atoms. The highest BCUT2D eigenvalue weighted by Gasteiger charge is 2.29. The molecule has 2 unspecified atom stereocenters. The van der Waals surface area contributed by atoms with Gasteiger partial charge in [0.2, 0.25) is 21.8 Å². The highest BCUT2D eigenvalue weighted by Crippen LogP contribution is 2.11. The van der Waals surface area contributed by atoms with Gasteiger partial charge in [-0.1, -0.05) is 23.4 Å². The summed E-state index contributed by atoms with van der Waals surface area (Å²) in [6.07, 6.45) is 2.35. The first-order valence-corrected chi connectivity index (χ1v) is 14.3. The summed E-state index contributed by atoms with van der Waals surface area (Å²) in [5.74, 6) is -1.58. The fourth-order valence-electron chi connectivity index (χ4n) is 3.81. The summed E-state index contributed by atoms with van der Waals surface area (Å²) in [5, 5.41) is 23.5. The van der Waals surface area contributed by atoms with Crippen LogP contribution in [0.25, 0.3) is 0 Å². The third-order valence-electron chi connectivity index (χ3n) is 5.80. The number of carbonyl (C=O) groups is 3. The van der Waals surface area contributed by atoms with Crippen LogP contribution in [0.2, 0.25) is 0 Å². The van der Waals surface area contributed by atoms with E-state index in [1.54, 1.807) is 18.2 Å². The van der Waals surface area contributed by atoms with E-state index in [0.29, 0.717) is 43.2 Å². The number of aldehydes is 1. The average Bonchev–Trinajstić information content (AvgIpc) is 3.43. The van der Waals surface area contributed by atoms with Crippen molar-refractivity contribution in [2.75, 3.05) is 20.1 Å². The van der Waals surface area contributed by atoms with Gasteiger partial charge in [0, 0.05) is 19.0 Å². The number of carbonyl (C=O) groups excluding carboxylic acids is 3. The quantitative estimate of drug-likeness (QED) is 0.0353. The number of tetrazole rings is 1. The maximum atomic E-state index is 13.3. The van der Waals surface area contributed by atoms with Gasteiger partial charge in [0.25, 0.3) is 0 Å². The Balaban J connectivity index is 2.04. The molecule has 1 aromatic heterocycles. The van der Waals surface area contributed by atoms with E-state index in [0.717, 1.165) is 4.90 Å². The number of nitrogens with one attached hydrogen (secondary N) is 5. The zero-order valence-corrected chi connectivity index (χ0v) is 23.5. The number of nitrogen functional groups attached to an aromatic ring is 1. The lowest BCUT2D eigenvalue weighted by atomic mass is 10.1. The van der Waals surface area contributed by atoms with E-state index in [1.807, 2.05) is 0 Å². The maximum Gasteiger partial charge on any atom is 0.338 e. The minimum Gasteiger partial charge on any atom is -0.384 e. The number of nitrogens with two attached hydrogens (primary N) is 3.